The second-order valence-electron chi connectivity index (χ2n) is 6.97. The number of Topliss-reactive ketones (excluding diaryl/α,β-unsaturated/α-hetero) is 1. The molecule has 0 aliphatic rings. The smallest absolute Gasteiger partial charge is 0.298 e. The number of nitrogens with zero attached hydrogens (tertiary/aromatic N) is 1. The molecular formula is C23H24N2O2. The van der Waals surface area contributed by atoms with E-state index in [-0.39, 0.29) is 0 Å². The predicted octanol–water partition coefficient (Wildman–Crippen LogP) is 4.59. The molecule has 1 amide bonds. The Morgan fingerprint density at radius 1 is 0.889 bits per heavy atom. The molecular weight excluding hydrogens is 336 g/mol. The lowest BCUT2D eigenvalue weighted by Gasteiger charge is -2.12. The molecule has 0 spiro atoms. The Labute approximate surface area is 159 Å². The minimum atomic E-state index is -0.622. The van der Waals surface area contributed by atoms with Crippen molar-refractivity contribution in [3.63, 3.8) is 0 Å². The molecule has 3 rings (SSSR count). The van der Waals surface area contributed by atoms with Gasteiger partial charge in [0.1, 0.15) is 0 Å². The Morgan fingerprint density at radius 2 is 1.67 bits per heavy atom. The normalized spacial score (nSPS) is 10.7. The van der Waals surface area contributed by atoms with E-state index in [1.54, 1.807) is 12.1 Å². The minimum absolute atomic E-state index is 0.385. The first-order valence-corrected chi connectivity index (χ1v) is 9.00. The number of aryl methyl sites for hydroxylation is 3. The van der Waals surface area contributed by atoms with E-state index in [0.29, 0.717) is 17.9 Å². The SMILES string of the molecule is Cc1ccc(Cn2cccc2C(=O)C(=O)Nc2cccc(C)c2C)cc1C. The van der Waals surface area contributed by atoms with Crippen LogP contribution in [0.1, 0.15) is 38.3 Å². The zero-order chi connectivity index (χ0) is 19.6. The zero-order valence-corrected chi connectivity index (χ0v) is 16.2. The van der Waals surface area contributed by atoms with E-state index >= 15 is 0 Å². The first-order valence-electron chi connectivity index (χ1n) is 9.00. The minimum Gasteiger partial charge on any atom is -0.340 e. The second kappa shape index (κ2) is 7.62. The maximum Gasteiger partial charge on any atom is 0.298 e. The summed E-state index contributed by atoms with van der Waals surface area (Å²) in [5.41, 5.74) is 6.62. The highest BCUT2D eigenvalue weighted by Crippen LogP contribution is 2.19. The Kier molecular flexibility index (Phi) is 5.26. The van der Waals surface area contributed by atoms with Crippen LogP contribution >= 0.6 is 0 Å². The van der Waals surface area contributed by atoms with Crippen LogP contribution in [0.3, 0.4) is 0 Å². The average molecular weight is 360 g/mol. The maximum absolute atomic E-state index is 12.7. The van der Waals surface area contributed by atoms with E-state index in [1.807, 2.05) is 48.9 Å². The van der Waals surface area contributed by atoms with Gasteiger partial charge in [-0.05, 0) is 73.7 Å². The number of hydrogen-bond acceptors (Lipinski definition) is 2. The number of aromatic nitrogens is 1. The van der Waals surface area contributed by atoms with Gasteiger partial charge in [-0.1, -0.05) is 30.3 Å². The predicted molar refractivity (Wildman–Crippen MR) is 108 cm³/mol. The quantitative estimate of drug-likeness (QED) is 0.534. The molecule has 4 nitrogen and oxygen atoms in total. The summed E-state index contributed by atoms with van der Waals surface area (Å²) >= 11 is 0. The molecule has 0 atom stereocenters. The van der Waals surface area contributed by atoms with E-state index < -0.39 is 11.7 Å². The third-order valence-electron chi connectivity index (χ3n) is 5.05. The van der Waals surface area contributed by atoms with Gasteiger partial charge in [0.15, 0.2) is 0 Å². The molecule has 138 valence electrons. The summed E-state index contributed by atoms with van der Waals surface area (Å²) in [5, 5.41) is 2.74. The lowest BCUT2D eigenvalue weighted by atomic mass is 10.1. The highest BCUT2D eigenvalue weighted by Gasteiger charge is 2.20. The molecule has 1 N–H and O–H groups in total. The van der Waals surface area contributed by atoms with Crippen molar-refractivity contribution in [3.05, 3.63) is 88.2 Å². The molecule has 27 heavy (non-hydrogen) atoms. The van der Waals surface area contributed by atoms with Gasteiger partial charge in [-0.2, -0.15) is 0 Å². The van der Waals surface area contributed by atoms with Gasteiger partial charge in [0.2, 0.25) is 0 Å². The van der Waals surface area contributed by atoms with Gasteiger partial charge in [-0.15, -0.1) is 0 Å². The van der Waals surface area contributed by atoms with Crippen molar-refractivity contribution in [3.8, 4) is 0 Å². The van der Waals surface area contributed by atoms with Gasteiger partial charge in [0, 0.05) is 18.4 Å². The summed E-state index contributed by atoms with van der Waals surface area (Å²) < 4.78 is 1.81. The molecule has 4 heteroatoms. The molecule has 0 radical (unpaired) electrons. The Hall–Kier alpha value is -3.14. The van der Waals surface area contributed by atoms with E-state index in [1.165, 1.54) is 11.1 Å². The van der Waals surface area contributed by atoms with Crippen molar-refractivity contribution in [1.82, 2.24) is 4.57 Å². The standard InChI is InChI=1S/C23H24N2O2/c1-15-10-11-19(13-17(15)3)14-25-12-6-9-21(25)22(26)23(27)24-20-8-5-7-16(2)18(20)4/h5-13H,14H2,1-4H3,(H,24,27). The van der Waals surface area contributed by atoms with Gasteiger partial charge in [0.05, 0.1) is 5.69 Å². The highest BCUT2D eigenvalue weighted by atomic mass is 16.2. The van der Waals surface area contributed by atoms with Crippen LogP contribution in [0, 0.1) is 27.7 Å². The van der Waals surface area contributed by atoms with Crippen molar-refractivity contribution in [2.75, 3.05) is 5.32 Å². The number of rotatable bonds is 5. The molecule has 3 aromatic rings. The van der Waals surface area contributed by atoms with Crippen LogP contribution in [0.25, 0.3) is 0 Å². The van der Waals surface area contributed by atoms with Crippen molar-refractivity contribution < 1.29 is 9.59 Å². The molecule has 0 aliphatic heterocycles. The van der Waals surface area contributed by atoms with Crippen molar-refractivity contribution >= 4 is 17.4 Å². The second-order valence-corrected chi connectivity index (χ2v) is 6.97. The zero-order valence-electron chi connectivity index (χ0n) is 16.2. The van der Waals surface area contributed by atoms with Crippen LogP contribution in [0.4, 0.5) is 5.69 Å². The van der Waals surface area contributed by atoms with E-state index in [0.717, 1.165) is 16.7 Å². The van der Waals surface area contributed by atoms with E-state index in [4.69, 9.17) is 0 Å². The lowest BCUT2D eigenvalue weighted by molar-refractivity contribution is -0.112. The molecule has 0 unspecified atom stereocenters. The number of nitrogens with one attached hydrogen (secondary N) is 1. The third kappa shape index (κ3) is 4.00. The van der Waals surface area contributed by atoms with Crippen LogP contribution in [-0.4, -0.2) is 16.3 Å². The van der Waals surface area contributed by atoms with E-state index in [9.17, 15) is 9.59 Å². The number of carbonyl (C=O) groups is 2. The van der Waals surface area contributed by atoms with Crippen LogP contribution in [0.15, 0.2) is 54.7 Å². The van der Waals surface area contributed by atoms with Crippen LogP contribution in [0.2, 0.25) is 0 Å². The molecule has 1 heterocycles. The first-order chi connectivity index (χ1) is 12.9. The fraction of sp³-hybridized carbons (Fsp3) is 0.217. The van der Waals surface area contributed by atoms with Crippen molar-refractivity contribution in [2.24, 2.45) is 0 Å². The number of ketones is 1. The molecule has 0 bridgehead atoms. The third-order valence-corrected chi connectivity index (χ3v) is 5.05. The van der Waals surface area contributed by atoms with Crippen molar-refractivity contribution in [2.45, 2.75) is 34.2 Å². The van der Waals surface area contributed by atoms with E-state index in [2.05, 4.69) is 31.3 Å². The number of anilines is 1. The number of benzene rings is 2. The molecule has 1 aromatic heterocycles. The fourth-order valence-electron chi connectivity index (χ4n) is 3.04. The summed E-state index contributed by atoms with van der Waals surface area (Å²) in [7, 11) is 0. The lowest BCUT2D eigenvalue weighted by Crippen LogP contribution is -2.25. The van der Waals surface area contributed by atoms with Gasteiger partial charge in [0.25, 0.3) is 11.7 Å². The first kappa shape index (κ1) is 18.6. The Morgan fingerprint density at radius 3 is 2.41 bits per heavy atom. The molecule has 2 aromatic carbocycles. The summed E-state index contributed by atoms with van der Waals surface area (Å²) in [6.07, 6.45) is 1.83. The largest absolute Gasteiger partial charge is 0.340 e. The number of carbonyl (C=O) groups excluding carboxylic acids is 2. The average Bonchev–Trinajstić information content (AvgIpc) is 3.09. The summed E-state index contributed by atoms with van der Waals surface area (Å²) in [6, 6.07) is 15.4. The molecule has 0 aliphatic carbocycles. The summed E-state index contributed by atoms with van der Waals surface area (Å²) in [6.45, 7) is 8.59. The summed E-state index contributed by atoms with van der Waals surface area (Å²) in [4.78, 5) is 25.2. The van der Waals surface area contributed by atoms with Crippen LogP contribution < -0.4 is 5.32 Å². The molecule has 0 fully saturated rings. The van der Waals surface area contributed by atoms with Gasteiger partial charge in [-0.3, -0.25) is 9.59 Å². The maximum atomic E-state index is 12.7. The highest BCUT2D eigenvalue weighted by molar-refractivity contribution is 6.46. The van der Waals surface area contributed by atoms with Gasteiger partial charge < -0.3 is 9.88 Å². The molecule has 0 saturated carbocycles. The summed E-state index contributed by atoms with van der Waals surface area (Å²) in [5.74, 6) is -1.16. The van der Waals surface area contributed by atoms with Crippen molar-refractivity contribution in [1.29, 1.82) is 0 Å². The van der Waals surface area contributed by atoms with Crippen LogP contribution in [0.5, 0.6) is 0 Å². The fourth-order valence-corrected chi connectivity index (χ4v) is 3.04. The monoisotopic (exact) mass is 360 g/mol. The molecule has 0 saturated heterocycles. The number of amides is 1. The topological polar surface area (TPSA) is 51.1 Å². The number of hydrogen-bond donors (Lipinski definition) is 1. The van der Waals surface area contributed by atoms with Gasteiger partial charge >= 0.3 is 0 Å². The Bertz CT molecular complexity index is 1010. The van der Waals surface area contributed by atoms with Gasteiger partial charge in [-0.25, -0.2) is 0 Å². The Balaban J connectivity index is 1.79. The van der Waals surface area contributed by atoms with Crippen LogP contribution in [-0.2, 0) is 11.3 Å².